The second-order valence-electron chi connectivity index (χ2n) is 9.54. The van der Waals surface area contributed by atoms with E-state index >= 15 is 0 Å². The number of piperazine rings is 1. The first kappa shape index (κ1) is 21.7. The van der Waals surface area contributed by atoms with Gasteiger partial charge in [0.2, 0.25) is 0 Å². The Bertz CT molecular complexity index is 1340. The summed E-state index contributed by atoms with van der Waals surface area (Å²) in [4.78, 5) is 53.3. The summed E-state index contributed by atoms with van der Waals surface area (Å²) in [5.74, 6) is 0.846. The molecule has 0 radical (unpaired) electrons. The molecular formula is C25H27N7O3. The summed E-state index contributed by atoms with van der Waals surface area (Å²) >= 11 is 0. The van der Waals surface area contributed by atoms with Crippen molar-refractivity contribution in [3.05, 3.63) is 53.0 Å². The van der Waals surface area contributed by atoms with Gasteiger partial charge in [-0.15, -0.1) is 0 Å². The fraction of sp³-hybridized carbons (Fsp3) is 0.440. The SMILES string of the molecule is Cc1cc(N2CCN(C(=O)c3ccc4c(c3)C(=O)N(C3CCCCC3)C4=O)CC2)n2ncnc2n1. The number of carbonyl (C=O) groups is 3. The van der Waals surface area contributed by atoms with Gasteiger partial charge in [0.15, 0.2) is 0 Å². The van der Waals surface area contributed by atoms with E-state index < -0.39 is 0 Å². The molecule has 1 aliphatic carbocycles. The maximum absolute atomic E-state index is 13.3. The second kappa shape index (κ2) is 8.44. The van der Waals surface area contributed by atoms with Crippen molar-refractivity contribution >= 4 is 29.3 Å². The Labute approximate surface area is 202 Å². The maximum atomic E-state index is 13.3. The van der Waals surface area contributed by atoms with Crippen LogP contribution in [-0.4, -0.2) is 79.3 Å². The van der Waals surface area contributed by atoms with E-state index in [4.69, 9.17) is 0 Å². The summed E-state index contributed by atoms with van der Waals surface area (Å²) in [5.41, 5.74) is 2.07. The minimum atomic E-state index is -0.263. The number of amides is 3. The Kier molecular flexibility index (Phi) is 5.23. The number of fused-ring (bicyclic) bond motifs is 2. The molecule has 2 fully saturated rings. The van der Waals surface area contributed by atoms with E-state index in [0.29, 0.717) is 48.6 Å². The van der Waals surface area contributed by atoms with Crippen LogP contribution in [0.15, 0.2) is 30.6 Å². The molecule has 4 heterocycles. The number of hydrogen-bond acceptors (Lipinski definition) is 7. The van der Waals surface area contributed by atoms with Crippen LogP contribution in [0.2, 0.25) is 0 Å². The minimum absolute atomic E-state index is 0.0309. The highest BCUT2D eigenvalue weighted by molar-refractivity contribution is 6.22. The molecule has 3 aliphatic rings. The van der Waals surface area contributed by atoms with Crippen LogP contribution in [0.5, 0.6) is 0 Å². The number of carbonyl (C=O) groups excluding carboxylic acids is 3. The number of aryl methyl sites for hydroxylation is 1. The molecule has 0 bridgehead atoms. The molecule has 2 aliphatic heterocycles. The molecule has 0 spiro atoms. The predicted octanol–water partition coefficient (Wildman–Crippen LogP) is 2.32. The number of imide groups is 1. The molecule has 10 nitrogen and oxygen atoms in total. The van der Waals surface area contributed by atoms with Crippen molar-refractivity contribution in [3.8, 4) is 0 Å². The average molecular weight is 474 g/mol. The highest BCUT2D eigenvalue weighted by Gasteiger charge is 2.40. The molecule has 10 heteroatoms. The predicted molar refractivity (Wildman–Crippen MR) is 127 cm³/mol. The number of rotatable bonds is 3. The monoisotopic (exact) mass is 473 g/mol. The number of aromatic nitrogens is 4. The lowest BCUT2D eigenvalue weighted by atomic mass is 9.94. The Morgan fingerprint density at radius 3 is 2.46 bits per heavy atom. The van der Waals surface area contributed by atoms with Gasteiger partial charge in [0.1, 0.15) is 12.1 Å². The summed E-state index contributed by atoms with van der Waals surface area (Å²) in [7, 11) is 0. The highest BCUT2D eigenvalue weighted by atomic mass is 16.2. The van der Waals surface area contributed by atoms with Gasteiger partial charge in [-0.25, -0.2) is 4.98 Å². The Hall–Kier alpha value is -3.82. The van der Waals surface area contributed by atoms with Gasteiger partial charge in [-0.3, -0.25) is 19.3 Å². The molecule has 1 aromatic carbocycles. The Balaban J connectivity index is 1.17. The molecule has 1 saturated heterocycles. The van der Waals surface area contributed by atoms with Crippen molar-refractivity contribution in [2.75, 3.05) is 31.1 Å². The van der Waals surface area contributed by atoms with E-state index in [1.165, 1.54) is 11.2 Å². The zero-order valence-corrected chi connectivity index (χ0v) is 19.7. The number of hydrogen-bond donors (Lipinski definition) is 0. The molecule has 35 heavy (non-hydrogen) atoms. The van der Waals surface area contributed by atoms with Gasteiger partial charge in [-0.05, 0) is 38.0 Å². The van der Waals surface area contributed by atoms with Crippen LogP contribution in [0.4, 0.5) is 5.82 Å². The van der Waals surface area contributed by atoms with Crippen LogP contribution in [0, 0.1) is 6.92 Å². The van der Waals surface area contributed by atoms with Gasteiger partial charge >= 0.3 is 0 Å². The molecule has 3 amide bonds. The van der Waals surface area contributed by atoms with E-state index in [2.05, 4.69) is 20.0 Å². The topological polar surface area (TPSA) is 104 Å². The zero-order chi connectivity index (χ0) is 24.1. The van der Waals surface area contributed by atoms with Crippen molar-refractivity contribution < 1.29 is 14.4 Å². The third kappa shape index (κ3) is 3.64. The van der Waals surface area contributed by atoms with Crippen LogP contribution < -0.4 is 4.90 Å². The minimum Gasteiger partial charge on any atom is -0.353 e. The van der Waals surface area contributed by atoms with E-state index in [-0.39, 0.29) is 23.8 Å². The van der Waals surface area contributed by atoms with Gasteiger partial charge < -0.3 is 9.80 Å². The van der Waals surface area contributed by atoms with Crippen LogP contribution in [-0.2, 0) is 0 Å². The molecule has 3 aromatic rings. The van der Waals surface area contributed by atoms with Crippen molar-refractivity contribution in [2.45, 2.75) is 45.1 Å². The Morgan fingerprint density at radius 1 is 0.943 bits per heavy atom. The zero-order valence-electron chi connectivity index (χ0n) is 19.7. The molecule has 2 aromatic heterocycles. The normalized spacial score (nSPS) is 19.1. The number of nitrogens with zero attached hydrogens (tertiary/aromatic N) is 7. The summed E-state index contributed by atoms with van der Waals surface area (Å²) in [6, 6.07) is 6.87. The van der Waals surface area contributed by atoms with Gasteiger partial charge in [0.05, 0.1) is 11.1 Å². The van der Waals surface area contributed by atoms with E-state index in [1.54, 1.807) is 27.6 Å². The lowest BCUT2D eigenvalue weighted by molar-refractivity contribution is 0.0548. The average Bonchev–Trinajstić information content (AvgIpc) is 3.45. The van der Waals surface area contributed by atoms with Crippen LogP contribution in [0.1, 0.15) is 68.9 Å². The largest absolute Gasteiger partial charge is 0.353 e. The first-order valence-corrected chi connectivity index (χ1v) is 12.2. The fourth-order valence-electron chi connectivity index (χ4n) is 5.52. The summed E-state index contributed by atoms with van der Waals surface area (Å²) in [6.45, 7) is 4.28. The molecule has 0 unspecified atom stereocenters. The lowest BCUT2D eigenvalue weighted by Crippen LogP contribution is -2.49. The molecular weight excluding hydrogens is 446 g/mol. The van der Waals surface area contributed by atoms with Gasteiger partial charge in [-0.2, -0.15) is 14.6 Å². The van der Waals surface area contributed by atoms with Crippen LogP contribution in [0.3, 0.4) is 0 Å². The van der Waals surface area contributed by atoms with E-state index in [9.17, 15) is 14.4 Å². The second-order valence-corrected chi connectivity index (χ2v) is 9.54. The number of benzene rings is 1. The molecule has 0 N–H and O–H groups in total. The van der Waals surface area contributed by atoms with Gasteiger partial charge in [0.25, 0.3) is 23.5 Å². The lowest BCUT2D eigenvalue weighted by Gasteiger charge is -2.36. The Morgan fingerprint density at radius 2 is 1.69 bits per heavy atom. The summed E-state index contributed by atoms with van der Waals surface area (Å²) in [6.07, 6.45) is 6.43. The summed E-state index contributed by atoms with van der Waals surface area (Å²) in [5, 5.41) is 4.28. The molecule has 180 valence electrons. The van der Waals surface area contributed by atoms with Gasteiger partial charge in [0, 0.05) is 49.5 Å². The third-order valence-electron chi connectivity index (χ3n) is 7.36. The maximum Gasteiger partial charge on any atom is 0.261 e. The van der Waals surface area contributed by atoms with Crippen molar-refractivity contribution in [1.29, 1.82) is 0 Å². The smallest absolute Gasteiger partial charge is 0.261 e. The van der Waals surface area contributed by atoms with Crippen molar-refractivity contribution in [3.63, 3.8) is 0 Å². The van der Waals surface area contributed by atoms with E-state index in [1.807, 2.05) is 13.0 Å². The fourth-order valence-corrected chi connectivity index (χ4v) is 5.52. The quantitative estimate of drug-likeness (QED) is 0.538. The highest BCUT2D eigenvalue weighted by Crippen LogP contribution is 2.32. The van der Waals surface area contributed by atoms with Crippen LogP contribution >= 0.6 is 0 Å². The molecule has 6 rings (SSSR count). The molecule has 1 saturated carbocycles. The third-order valence-corrected chi connectivity index (χ3v) is 7.36. The van der Waals surface area contributed by atoms with Crippen molar-refractivity contribution in [1.82, 2.24) is 29.4 Å². The summed E-state index contributed by atoms with van der Waals surface area (Å²) < 4.78 is 1.71. The molecule has 0 atom stereocenters. The standard InChI is InChI=1S/C25H27N7O3/c1-16-13-21(32-25(28-16)26-15-27-32)29-9-11-30(12-10-29)22(33)17-7-8-19-20(14-17)24(35)31(23(19)34)18-5-3-2-4-6-18/h7-8,13-15,18H,2-6,9-12H2,1H3. The number of anilines is 1. The van der Waals surface area contributed by atoms with E-state index in [0.717, 1.165) is 43.6 Å². The van der Waals surface area contributed by atoms with Crippen molar-refractivity contribution in [2.24, 2.45) is 0 Å². The van der Waals surface area contributed by atoms with Gasteiger partial charge in [-0.1, -0.05) is 19.3 Å². The first-order chi connectivity index (χ1) is 17.0. The van der Waals surface area contributed by atoms with Crippen LogP contribution in [0.25, 0.3) is 5.78 Å². The first-order valence-electron chi connectivity index (χ1n) is 12.2.